The van der Waals surface area contributed by atoms with E-state index < -0.39 is 31.3 Å². The summed E-state index contributed by atoms with van der Waals surface area (Å²) in [6, 6.07) is 0. The van der Waals surface area contributed by atoms with Crippen molar-refractivity contribution in [2.75, 3.05) is 82.3 Å². The van der Waals surface area contributed by atoms with Gasteiger partial charge in [-0.3, -0.25) is 54.3 Å². The van der Waals surface area contributed by atoms with Crippen molar-refractivity contribution in [1.82, 2.24) is 0 Å². The highest BCUT2D eigenvalue weighted by Crippen LogP contribution is 2.52. The lowest BCUT2D eigenvalue weighted by atomic mass is 10.5. The highest BCUT2D eigenvalue weighted by Gasteiger charge is 2.30. The van der Waals surface area contributed by atoms with Crippen molar-refractivity contribution in [1.29, 1.82) is 0 Å². The standard InChI is InChI=1S/C5H13O4P.C4H9O4P.C3H7O4P.C3H9O4P/c1-4-8-10(6,7-3)9-5-2;1-6-9(5)7-3-2-4-8-9;1-5-8(4)6-2-3-7-8;1-5-8(4,6-2)7-3/h4-5H2,1-3H3;2-4H2,1H3;2-3H2,1H3;1-3H3. The van der Waals surface area contributed by atoms with Crippen LogP contribution in [0.2, 0.25) is 0 Å². The molecule has 0 aliphatic carbocycles. The molecule has 2 heterocycles. The van der Waals surface area contributed by atoms with Gasteiger partial charge in [-0.2, -0.15) is 0 Å². The van der Waals surface area contributed by atoms with E-state index in [1.807, 2.05) is 0 Å². The van der Waals surface area contributed by atoms with E-state index in [1.165, 1.54) is 42.7 Å². The molecule has 2 saturated heterocycles. The van der Waals surface area contributed by atoms with Crippen molar-refractivity contribution >= 4 is 31.3 Å². The molecule has 20 heteroatoms. The van der Waals surface area contributed by atoms with Crippen LogP contribution in [0.1, 0.15) is 20.3 Å². The third-order valence-corrected chi connectivity index (χ3v) is 9.11. The SMILES string of the molecule is CCOP(=O)(OC)OCC.COP(=O)(OC)OC.COP1(=O)OCCCO1.COP1(=O)OCCO1. The predicted octanol–water partition coefficient (Wildman–Crippen LogP) is 4.81. The van der Waals surface area contributed by atoms with E-state index in [0.717, 1.165) is 6.42 Å². The molecule has 0 amide bonds. The Kier molecular flexibility index (Phi) is 21.9. The van der Waals surface area contributed by atoms with Gasteiger partial charge in [-0.25, -0.2) is 18.3 Å². The van der Waals surface area contributed by atoms with Crippen molar-refractivity contribution < 1.29 is 72.5 Å². The maximum absolute atomic E-state index is 11.1. The summed E-state index contributed by atoms with van der Waals surface area (Å²) in [5, 5.41) is 0. The summed E-state index contributed by atoms with van der Waals surface area (Å²) in [6.07, 6.45) is 0.785. The normalized spacial score (nSPS) is 18.7. The lowest BCUT2D eigenvalue weighted by Gasteiger charge is -2.19. The van der Waals surface area contributed by atoms with E-state index >= 15 is 0 Å². The largest absolute Gasteiger partial charge is 0.474 e. The molecule has 0 saturated carbocycles. The zero-order valence-electron chi connectivity index (χ0n) is 21.3. The molecule has 35 heavy (non-hydrogen) atoms. The van der Waals surface area contributed by atoms with Gasteiger partial charge in [0.15, 0.2) is 0 Å². The fourth-order valence-corrected chi connectivity index (χ4v) is 4.92. The van der Waals surface area contributed by atoms with Gasteiger partial charge in [0.25, 0.3) is 0 Å². The van der Waals surface area contributed by atoms with Gasteiger partial charge in [-0.1, -0.05) is 0 Å². The van der Waals surface area contributed by atoms with Gasteiger partial charge >= 0.3 is 31.3 Å². The quantitative estimate of drug-likeness (QED) is 0.312. The number of rotatable bonds is 10. The van der Waals surface area contributed by atoms with Crippen LogP contribution in [0.4, 0.5) is 0 Å². The molecule has 2 aliphatic heterocycles. The number of phosphoric acid groups is 4. The molecule has 2 fully saturated rings. The van der Waals surface area contributed by atoms with E-state index in [4.69, 9.17) is 18.1 Å². The summed E-state index contributed by atoms with van der Waals surface area (Å²) in [7, 11) is -4.83. The van der Waals surface area contributed by atoms with Crippen LogP contribution in [0.5, 0.6) is 0 Å². The second-order valence-electron chi connectivity index (χ2n) is 5.41. The van der Waals surface area contributed by atoms with Gasteiger partial charge in [0.05, 0.1) is 39.6 Å². The van der Waals surface area contributed by atoms with Crippen LogP contribution in [-0.4, -0.2) is 82.3 Å². The van der Waals surface area contributed by atoms with Crippen molar-refractivity contribution in [3.8, 4) is 0 Å². The Balaban J connectivity index is 0. The minimum atomic E-state index is -3.20. The molecule has 0 bridgehead atoms. The highest BCUT2D eigenvalue weighted by molar-refractivity contribution is 7.49. The van der Waals surface area contributed by atoms with E-state index in [2.05, 4.69) is 36.2 Å². The van der Waals surface area contributed by atoms with Gasteiger partial charge < -0.3 is 0 Å². The Labute approximate surface area is 206 Å². The molecule has 0 radical (unpaired) electrons. The summed E-state index contributed by atoms with van der Waals surface area (Å²) in [5.74, 6) is 0. The number of phosphoric ester groups is 4. The summed E-state index contributed by atoms with van der Waals surface area (Å²) >= 11 is 0. The third kappa shape index (κ3) is 17.6. The summed E-state index contributed by atoms with van der Waals surface area (Å²) < 4.78 is 98.0. The van der Waals surface area contributed by atoms with Crippen LogP contribution in [0.25, 0.3) is 0 Å². The minimum Gasteiger partial charge on any atom is -0.290 e. The molecule has 0 aromatic rings. The minimum absolute atomic E-state index is 0.325. The molecule has 0 N–H and O–H groups in total. The average molecular weight is 598 g/mol. The first-order chi connectivity index (χ1) is 16.4. The maximum Gasteiger partial charge on any atom is 0.474 e. The Morgan fingerprint density at radius 1 is 0.600 bits per heavy atom. The molecule has 214 valence electrons. The van der Waals surface area contributed by atoms with Crippen molar-refractivity contribution in [3.63, 3.8) is 0 Å². The topological polar surface area (TPSA) is 179 Å². The van der Waals surface area contributed by atoms with Gasteiger partial charge in [0.1, 0.15) is 0 Å². The second kappa shape index (κ2) is 20.4. The van der Waals surface area contributed by atoms with Gasteiger partial charge in [-0.15, -0.1) is 0 Å². The van der Waals surface area contributed by atoms with Crippen LogP contribution in [0.3, 0.4) is 0 Å². The molecule has 2 rings (SSSR count). The Morgan fingerprint density at radius 3 is 1.11 bits per heavy atom. The molecule has 0 aromatic carbocycles. The second-order valence-corrected chi connectivity index (χ2v) is 12.7. The highest BCUT2D eigenvalue weighted by atomic mass is 31.2. The summed E-state index contributed by atoms with van der Waals surface area (Å²) in [5.41, 5.74) is 0. The number of hydrogen-bond donors (Lipinski definition) is 0. The van der Waals surface area contributed by atoms with E-state index in [9.17, 15) is 18.3 Å². The fraction of sp³-hybridized carbons (Fsp3) is 1.00. The van der Waals surface area contributed by atoms with E-state index in [-0.39, 0.29) is 0 Å². The molecule has 16 nitrogen and oxygen atoms in total. The average Bonchev–Trinajstić information content (AvgIpc) is 3.32. The molecular weight excluding hydrogens is 560 g/mol. The summed E-state index contributed by atoms with van der Waals surface area (Å²) in [4.78, 5) is 0. The van der Waals surface area contributed by atoms with Crippen molar-refractivity contribution in [2.45, 2.75) is 20.3 Å². The number of hydrogen-bond acceptors (Lipinski definition) is 16. The Morgan fingerprint density at radius 2 is 0.914 bits per heavy atom. The molecule has 0 unspecified atom stereocenters. The lowest BCUT2D eigenvalue weighted by molar-refractivity contribution is 0.0879. The van der Waals surface area contributed by atoms with E-state index in [0.29, 0.717) is 39.6 Å². The van der Waals surface area contributed by atoms with E-state index in [1.54, 1.807) is 13.8 Å². The molecule has 0 atom stereocenters. The molecule has 0 aromatic heterocycles. The van der Waals surface area contributed by atoms with Crippen molar-refractivity contribution in [2.24, 2.45) is 0 Å². The fourth-order valence-electron chi connectivity index (χ4n) is 1.68. The van der Waals surface area contributed by atoms with Crippen LogP contribution in [0, 0.1) is 0 Å². The van der Waals surface area contributed by atoms with Gasteiger partial charge in [0.2, 0.25) is 0 Å². The Hall–Kier alpha value is 0.440. The first-order valence-electron chi connectivity index (χ1n) is 10.0. The molecular formula is C15H38O16P4. The smallest absolute Gasteiger partial charge is 0.290 e. The predicted molar refractivity (Wildman–Crippen MR) is 124 cm³/mol. The monoisotopic (exact) mass is 598 g/mol. The Bertz CT molecular complexity index is 658. The summed E-state index contributed by atoms with van der Waals surface area (Å²) in [6.45, 7) is 5.76. The zero-order chi connectivity index (χ0) is 27.4. The first kappa shape index (κ1) is 37.6. The molecule has 0 spiro atoms. The molecule has 2 aliphatic rings. The van der Waals surface area contributed by atoms with Gasteiger partial charge in [-0.05, 0) is 20.3 Å². The zero-order valence-corrected chi connectivity index (χ0v) is 24.8. The van der Waals surface area contributed by atoms with Crippen LogP contribution in [0.15, 0.2) is 0 Å². The van der Waals surface area contributed by atoms with Gasteiger partial charge in [0, 0.05) is 42.7 Å². The maximum atomic E-state index is 11.1. The first-order valence-corrected chi connectivity index (χ1v) is 15.9. The lowest BCUT2D eigenvalue weighted by Crippen LogP contribution is -2.08. The van der Waals surface area contributed by atoms with Crippen LogP contribution >= 0.6 is 31.3 Å². The third-order valence-electron chi connectivity index (χ3n) is 3.29. The van der Waals surface area contributed by atoms with Crippen molar-refractivity contribution in [3.05, 3.63) is 0 Å². The van der Waals surface area contributed by atoms with Crippen LogP contribution in [-0.2, 0) is 72.5 Å². The van der Waals surface area contributed by atoms with Crippen LogP contribution < -0.4 is 0 Å².